The van der Waals surface area contributed by atoms with E-state index in [9.17, 15) is 9.18 Å². The van der Waals surface area contributed by atoms with Crippen LogP contribution in [0.3, 0.4) is 0 Å². The molecule has 6 nitrogen and oxygen atoms in total. The van der Waals surface area contributed by atoms with Gasteiger partial charge in [0, 0.05) is 17.0 Å². The Kier molecular flexibility index (Phi) is 6.35. The molecule has 0 spiro atoms. The Hall–Kier alpha value is -2.11. The Bertz CT molecular complexity index is 475. The number of nitrogens with one attached hydrogen (secondary N) is 1. The molecule has 0 amide bonds. The number of carbonyl (C=O) groups is 1. The summed E-state index contributed by atoms with van der Waals surface area (Å²) >= 11 is 0. The van der Waals surface area contributed by atoms with Crippen molar-refractivity contribution in [2.24, 2.45) is 5.11 Å². The van der Waals surface area contributed by atoms with E-state index in [0.717, 1.165) is 0 Å². The predicted molar refractivity (Wildman–Crippen MR) is 67.8 cm³/mol. The third-order valence-electron chi connectivity index (χ3n) is 2.50. The van der Waals surface area contributed by atoms with Gasteiger partial charge in [-0.15, -0.1) is 0 Å². The fourth-order valence-corrected chi connectivity index (χ4v) is 1.59. The molecular formula is C12H15FN4O2. The average molecular weight is 266 g/mol. The molecule has 19 heavy (non-hydrogen) atoms. The van der Waals surface area contributed by atoms with Crippen molar-refractivity contribution in [3.05, 3.63) is 46.1 Å². The number of azide groups is 1. The Labute approximate surface area is 110 Å². The molecule has 1 rings (SSSR count). The van der Waals surface area contributed by atoms with Gasteiger partial charge in [0.1, 0.15) is 11.9 Å². The molecule has 0 aromatic heterocycles. The molecule has 0 aliphatic heterocycles. The molecule has 1 aromatic rings. The van der Waals surface area contributed by atoms with Gasteiger partial charge >= 0.3 is 5.97 Å². The first-order valence-electron chi connectivity index (χ1n) is 5.77. The van der Waals surface area contributed by atoms with E-state index >= 15 is 0 Å². The van der Waals surface area contributed by atoms with Crippen molar-refractivity contribution >= 4 is 5.97 Å². The summed E-state index contributed by atoms with van der Waals surface area (Å²) < 4.78 is 18.3. The van der Waals surface area contributed by atoms with Crippen molar-refractivity contribution in [3.63, 3.8) is 0 Å². The lowest BCUT2D eigenvalue weighted by molar-refractivity contribution is -0.143. The van der Waals surface area contributed by atoms with E-state index in [-0.39, 0.29) is 5.56 Å². The van der Waals surface area contributed by atoms with Crippen molar-refractivity contribution in [2.75, 3.05) is 20.2 Å². The summed E-state index contributed by atoms with van der Waals surface area (Å²) in [6.45, 7) is 0.724. The summed E-state index contributed by atoms with van der Waals surface area (Å²) in [4.78, 5) is 14.3. The molecule has 0 fully saturated rings. The number of methoxy groups -OCH3 is 1. The van der Waals surface area contributed by atoms with Gasteiger partial charge in [-0.2, -0.15) is 0 Å². The third kappa shape index (κ3) is 4.57. The zero-order valence-corrected chi connectivity index (χ0v) is 10.5. The van der Waals surface area contributed by atoms with Gasteiger partial charge in [0.25, 0.3) is 0 Å². The van der Waals surface area contributed by atoms with Crippen LogP contribution in [0.1, 0.15) is 18.0 Å². The normalized spacial score (nSPS) is 11.5. The maximum absolute atomic E-state index is 13.7. The summed E-state index contributed by atoms with van der Waals surface area (Å²) in [6.07, 6.45) is 0.548. The molecule has 0 saturated heterocycles. The smallest absolute Gasteiger partial charge is 0.327 e. The first-order valence-corrected chi connectivity index (χ1v) is 5.77. The van der Waals surface area contributed by atoms with Gasteiger partial charge in [-0.3, -0.25) is 0 Å². The molecule has 102 valence electrons. The maximum Gasteiger partial charge on any atom is 0.327 e. The highest BCUT2D eigenvalue weighted by molar-refractivity contribution is 5.77. The monoisotopic (exact) mass is 266 g/mol. The summed E-state index contributed by atoms with van der Waals surface area (Å²) in [6, 6.07) is 5.15. The fraction of sp³-hybridized carbons (Fsp3) is 0.417. The number of halogens is 1. The number of benzene rings is 1. The predicted octanol–water partition coefficient (Wildman–Crippen LogP) is 2.33. The van der Waals surface area contributed by atoms with E-state index in [2.05, 4.69) is 20.1 Å². The van der Waals surface area contributed by atoms with E-state index in [4.69, 9.17) is 5.53 Å². The van der Waals surface area contributed by atoms with Crippen LogP contribution >= 0.6 is 0 Å². The molecule has 0 aliphatic rings. The number of hydrogen-bond donors (Lipinski definition) is 1. The summed E-state index contributed by atoms with van der Waals surface area (Å²) in [5.74, 6) is -1.03. The highest BCUT2D eigenvalue weighted by atomic mass is 19.1. The number of hydrogen-bond acceptors (Lipinski definition) is 4. The van der Waals surface area contributed by atoms with Gasteiger partial charge < -0.3 is 10.1 Å². The number of rotatable bonds is 7. The number of esters is 1. The molecule has 1 N–H and O–H groups in total. The van der Waals surface area contributed by atoms with Crippen LogP contribution in [0, 0.1) is 5.82 Å². The first kappa shape index (κ1) is 14.9. The zero-order chi connectivity index (χ0) is 14.1. The van der Waals surface area contributed by atoms with E-state index < -0.39 is 17.8 Å². The minimum atomic E-state index is -0.864. The van der Waals surface area contributed by atoms with Crippen LogP contribution in [-0.2, 0) is 9.53 Å². The van der Waals surface area contributed by atoms with Gasteiger partial charge in [-0.25, -0.2) is 9.18 Å². The minimum Gasteiger partial charge on any atom is -0.468 e. The number of nitrogens with zero attached hydrogens (tertiary/aromatic N) is 3. The summed E-state index contributed by atoms with van der Waals surface area (Å²) in [5, 5.41) is 6.26. The van der Waals surface area contributed by atoms with Gasteiger partial charge in [0.05, 0.1) is 7.11 Å². The van der Waals surface area contributed by atoms with Gasteiger partial charge in [0.2, 0.25) is 0 Å². The molecule has 7 heteroatoms. The van der Waals surface area contributed by atoms with Crippen LogP contribution < -0.4 is 5.32 Å². The van der Waals surface area contributed by atoms with E-state index in [0.29, 0.717) is 19.5 Å². The lowest BCUT2D eigenvalue weighted by atomic mass is 10.1. The van der Waals surface area contributed by atoms with Crippen molar-refractivity contribution in [1.82, 2.24) is 5.32 Å². The third-order valence-corrected chi connectivity index (χ3v) is 2.50. The van der Waals surface area contributed by atoms with E-state index in [1.807, 2.05) is 0 Å². The summed E-state index contributed by atoms with van der Waals surface area (Å²) in [7, 11) is 1.25. The second kappa shape index (κ2) is 8.07. The molecule has 1 atom stereocenters. The van der Waals surface area contributed by atoms with Crippen molar-refractivity contribution in [1.29, 1.82) is 0 Å². The van der Waals surface area contributed by atoms with Crippen LogP contribution in [0.25, 0.3) is 10.4 Å². The highest BCUT2D eigenvalue weighted by Crippen LogP contribution is 2.18. The van der Waals surface area contributed by atoms with Gasteiger partial charge in [-0.05, 0) is 24.6 Å². The topological polar surface area (TPSA) is 87.1 Å². The Morgan fingerprint density at radius 2 is 2.32 bits per heavy atom. The second-order valence-electron chi connectivity index (χ2n) is 3.74. The van der Waals surface area contributed by atoms with Crippen LogP contribution in [0.5, 0.6) is 0 Å². The highest BCUT2D eigenvalue weighted by Gasteiger charge is 2.23. The van der Waals surface area contributed by atoms with Crippen LogP contribution in [0.2, 0.25) is 0 Å². The Morgan fingerprint density at radius 1 is 1.58 bits per heavy atom. The SMILES string of the molecule is COC(=O)C(NCCCN=[N+]=[N-])c1ccccc1F. The maximum atomic E-state index is 13.7. The van der Waals surface area contributed by atoms with Gasteiger partial charge in [-0.1, -0.05) is 23.3 Å². The van der Waals surface area contributed by atoms with Crippen LogP contribution in [-0.4, -0.2) is 26.2 Å². The second-order valence-corrected chi connectivity index (χ2v) is 3.74. The quantitative estimate of drug-likeness (QED) is 0.270. The lowest BCUT2D eigenvalue weighted by Gasteiger charge is -2.17. The fourth-order valence-electron chi connectivity index (χ4n) is 1.59. The zero-order valence-electron chi connectivity index (χ0n) is 10.5. The molecule has 1 unspecified atom stereocenters. The standard InChI is InChI=1S/C12H15FN4O2/c1-19-12(18)11(15-7-4-8-16-17-14)9-5-2-3-6-10(9)13/h2-3,5-6,11,15H,4,7-8H2,1H3. The number of carbonyl (C=O) groups excluding carboxylic acids is 1. The molecule has 0 radical (unpaired) electrons. The van der Waals surface area contributed by atoms with E-state index in [1.165, 1.54) is 19.2 Å². The largest absolute Gasteiger partial charge is 0.468 e. The minimum absolute atomic E-state index is 0.234. The first-order chi connectivity index (χ1) is 9.20. The van der Waals surface area contributed by atoms with Crippen molar-refractivity contribution < 1.29 is 13.9 Å². The Balaban J connectivity index is 2.70. The molecule has 0 aliphatic carbocycles. The average Bonchev–Trinajstić information content (AvgIpc) is 2.43. The van der Waals surface area contributed by atoms with Gasteiger partial charge in [0.15, 0.2) is 0 Å². The van der Waals surface area contributed by atoms with E-state index in [1.54, 1.807) is 12.1 Å². The molecule has 0 saturated carbocycles. The molecule has 0 bridgehead atoms. The molecule has 0 heterocycles. The number of ether oxygens (including phenoxy) is 1. The lowest BCUT2D eigenvalue weighted by Crippen LogP contribution is -2.31. The van der Waals surface area contributed by atoms with Crippen LogP contribution in [0.15, 0.2) is 29.4 Å². The van der Waals surface area contributed by atoms with Crippen molar-refractivity contribution in [3.8, 4) is 0 Å². The Morgan fingerprint density at radius 3 is 2.95 bits per heavy atom. The molecular weight excluding hydrogens is 251 g/mol. The van der Waals surface area contributed by atoms with Crippen LogP contribution in [0.4, 0.5) is 4.39 Å². The van der Waals surface area contributed by atoms with Crippen molar-refractivity contribution in [2.45, 2.75) is 12.5 Å². The summed E-state index contributed by atoms with van der Waals surface area (Å²) in [5.41, 5.74) is 8.36. The molecule has 1 aromatic carbocycles.